The Balaban J connectivity index is -0.000000639. The van der Waals surface area contributed by atoms with Crippen LogP contribution in [0.1, 0.15) is 137 Å². The summed E-state index contributed by atoms with van der Waals surface area (Å²) >= 11 is 0. The van der Waals surface area contributed by atoms with Crippen molar-refractivity contribution in [1.82, 2.24) is 0 Å². The standard InChI is InChI=1S/C22H39.C8H13NO.C2H7Si.2ClH.Ti/c1-5-8-10-12-13-15-16-21-19(4)18-20(7-3)22(21)17-14-11-9-6-2;9-8(10)7-4-5-1-2-6(7)3-5;1-3-2;;;/h19H,5-17H2,1-4H3;5-7H,1-4H2,(H2,9,10);3H,1-2H3;2*1H;/q-1;;;;;+4/p-3. The van der Waals surface area contributed by atoms with Crippen molar-refractivity contribution in [2.45, 2.75) is 150 Å². The van der Waals surface area contributed by atoms with Gasteiger partial charge in [0.25, 0.3) is 0 Å². The number of unbranched alkanes of at least 4 members (excludes halogenated alkanes) is 8. The predicted octanol–water partition coefficient (Wildman–Crippen LogP) is 4.32. The molecule has 2 fully saturated rings. The van der Waals surface area contributed by atoms with Gasteiger partial charge in [-0.1, -0.05) is 130 Å². The SMILES string of the molecule is CCCCCCCCC1=C(CCCCCC)C(CC)=[C-]C1C.C[SiH]C.[Cl-].[Cl-].[NH-]C(=O)C1CC2CCC1C2.[Ti+4]. The smallest absolute Gasteiger partial charge is 1.00 e. The molecule has 2 saturated carbocycles. The number of allylic oxidation sites excluding steroid dienone is 4. The van der Waals surface area contributed by atoms with Gasteiger partial charge < -0.3 is 35.3 Å². The van der Waals surface area contributed by atoms with Crippen LogP contribution in [0.3, 0.4) is 0 Å². The second kappa shape index (κ2) is 26.4. The molecule has 38 heavy (non-hydrogen) atoms. The normalized spacial score (nSPS) is 22.6. The number of rotatable bonds is 14. The summed E-state index contributed by atoms with van der Waals surface area (Å²) in [5.41, 5.74) is 12.0. The van der Waals surface area contributed by atoms with Crippen molar-refractivity contribution >= 4 is 15.4 Å². The monoisotopic (exact) mass is 618 g/mol. The molecule has 219 valence electrons. The van der Waals surface area contributed by atoms with E-state index in [4.69, 9.17) is 5.73 Å². The topological polar surface area (TPSA) is 40.9 Å². The van der Waals surface area contributed by atoms with E-state index in [9.17, 15) is 4.79 Å². The van der Waals surface area contributed by atoms with E-state index < -0.39 is 0 Å². The Morgan fingerprint density at radius 3 is 1.84 bits per heavy atom. The molecule has 1 amide bonds. The zero-order valence-corrected chi connectivity index (χ0v) is 29.8. The Hall–Kier alpha value is 0.461. The van der Waals surface area contributed by atoms with Gasteiger partial charge in [-0.05, 0) is 37.5 Å². The molecule has 1 N–H and O–H groups in total. The third-order valence-corrected chi connectivity index (χ3v) is 8.17. The summed E-state index contributed by atoms with van der Waals surface area (Å²) in [5, 5.41) is 0. The van der Waals surface area contributed by atoms with Crippen LogP contribution in [0, 0.1) is 29.7 Å². The van der Waals surface area contributed by atoms with Gasteiger partial charge in [-0.3, -0.25) is 6.08 Å². The Morgan fingerprint density at radius 2 is 1.39 bits per heavy atom. The van der Waals surface area contributed by atoms with Crippen molar-refractivity contribution in [3.05, 3.63) is 28.5 Å². The molecule has 2 nitrogen and oxygen atoms in total. The third kappa shape index (κ3) is 16.0. The van der Waals surface area contributed by atoms with E-state index in [1.165, 1.54) is 103 Å². The first kappa shape index (κ1) is 42.9. The minimum atomic E-state index is -0.313. The molecule has 3 aliphatic rings. The van der Waals surface area contributed by atoms with E-state index in [0.29, 0.717) is 11.8 Å². The van der Waals surface area contributed by atoms with Crippen LogP contribution in [0.5, 0.6) is 0 Å². The number of carbonyl (C=O) groups is 1. The fourth-order valence-corrected chi connectivity index (χ4v) is 6.28. The summed E-state index contributed by atoms with van der Waals surface area (Å²) in [7, 11) is 0.750. The Kier molecular flexibility index (Phi) is 29.8. The fourth-order valence-electron chi connectivity index (χ4n) is 6.28. The number of hydrogen-bond donors (Lipinski definition) is 0. The average molecular weight is 620 g/mol. The van der Waals surface area contributed by atoms with E-state index >= 15 is 0 Å². The molecular weight excluding hydrogens is 561 g/mol. The quantitative estimate of drug-likeness (QED) is 0.162. The van der Waals surface area contributed by atoms with E-state index in [1.54, 1.807) is 16.7 Å². The molecule has 0 spiro atoms. The van der Waals surface area contributed by atoms with Gasteiger partial charge in [0.1, 0.15) is 0 Å². The second-order valence-electron chi connectivity index (χ2n) is 11.3. The average Bonchev–Trinajstić information content (AvgIpc) is 3.55. The molecule has 4 unspecified atom stereocenters. The van der Waals surface area contributed by atoms with Crippen molar-refractivity contribution in [2.24, 2.45) is 23.7 Å². The first-order chi connectivity index (χ1) is 16.9. The summed E-state index contributed by atoms with van der Waals surface area (Å²) in [4.78, 5) is 10.7. The predicted molar refractivity (Wildman–Crippen MR) is 157 cm³/mol. The maximum Gasteiger partial charge on any atom is 4.00 e. The fraction of sp³-hybridized carbons (Fsp3) is 0.844. The van der Waals surface area contributed by atoms with Crippen LogP contribution in [0.4, 0.5) is 0 Å². The molecule has 0 aromatic carbocycles. The van der Waals surface area contributed by atoms with Crippen LogP contribution in [-0.2, 0) is 26.5 Å². The molecule has 3 rings (SSSR count). The molecule has 1 radical (unpaired) electrons. The maximum absolute atomic E-state index is 10.7. The van der Waals surface area contributed by atoms with Gasteiger partial charge in [0.2, 0.25) is 0 Å². The van der Waals surface area contributed by atoms with Crippen LogP contribution in [0.2, 0.25) is 13.1 Å². The van der Waals surface area contributed by atoms with Crippen molar-refractivity contribution in [2.75, 3.05) is 0 Å². The summed E-state index contributed by atoms with van der Waals surface area (Å²) in [6, 6.07) is 0. The number of halogens is 2. The van der Waals surface area contributed by atoms with E-state index in [0.717, 1.165) is 21.9 Å². The van der Waals surface area contributed by atoms with Crippen molar-refractivity contribution in [3.63, 3.8) is 0 Å². The van der Waals surface area contributed by atoms with Crippen LogP contribution >= 0.6 is 0 Å². The molecule has 0 saturated heterocycles. The number of nitrogens with one attached hydrogen (secondary N) is 1. The summed E-state index contributed by atoms with van der Waals surface area (Å²) in [6.07, 6.45) is 26.3. The van der Waals surface area contributed by atoms with Crippen molar-refractivity contribution in [3.8, 4) is 0 Å². The minimum absolute atomic E-state index is 0. The van der Waals surface area contributed by atoms with Gasteiger partial charge in [-0.2, -0.15) is 11.1 Å². The van der Waals surface area contributed by atoms with Gasteiger partial charge in [0.15, 0.2) is 0 Å². The van der Waals surface area contributed by atoms with Crippen LogP contribution < -0.4 is 24.8 Å². The molecule has 0 aliphatic heterocycles. The molecule has 0 heterocycles. The largest absolute Gasteiger partial charge is 4.00 e. The number of fused-ring (bicyclic) bond motifs is 2. The Morgan fingerprint density at radius 1 is 0.868 bits per heavy atom. The van der Waals surface area contributed by atoms with Crippen molar-refractivity contribution in [1.29, 1.82) is 0 Å². The first-order valence-electron chi connectivity index (χ1n) is 15.3. The zero-order chi connectivity index (χ0) is 26.1. The Bertz CT molecular complexity index is 655. The summed E-state index contributed by atoms with van der Waals surface area (Å²) < 4.78 is 0. The molecule has 4 atom stereocenters. The van der Waals surface area contributed by atoms with Gasteiger partial charge in [0.05, 0.1) is 5.91 Å². The molecule has 6 heteroatoms. The van der Waals surface area contributed by atoms with E-state index in [-0.39, 0.29) is 58.4 Å². The van der Waals surface area contributed by atoms with Crippen LogP contribution in [0.25, 0.3) is 5.73 Å². The van der Waals surface area contributed by atoms with Crippen LogP contribution in [-0.4, -0.2) is 15.4 Å². The van der Waals surface area contributed by atoms with Crippen LogP contribution in [0.15, 0.2) is 16.7 Å². The van der Waals surface area contributed by atoms with Gasteiger partial charge in [-0.25, -0.2) is 5.57 Å². The molecule has 3 aliphatic carbocycles. The summed E-state index contributed by atoms with van der Waals surface area (Å²) in [5.74, 6) is 1.79. The van der Waals surface area contributed by atoms with E-state index in [2.05, 4.69) is 46.9 Å². The van der Waals surface area contributed by atoms with Gasteiger partial charge in [0, 0.05) is 15.4 Å². The minimum Gasteiger partial charge on any atom is -1.00 e. The number of carbonyl (C=O) groups excluding carboxylic acids is 1. The Labute approximate surface area is 267 Å². The van der Waals surface area contributed by atoms with E-state index in [1.807, 2.05) is 0 Å². The number of amides is 1. The molecule has 0 aromatic rings. The number of hydrogen-bond acceptors (Lipinski definition) is 1. The molecule has 0 aromatic heterocycles. The first-order valence-corrected chi connectivity index (χ1v) is 17.6. The summed E-state index contributed by atoms with van der Waals surface area (Å²) in [6.45, 7) is 13.7. The van der Waals surface area contributed by atoms with Crippen molar-refractivity contribution < 1.29 is 51.3 Å². The second-order valence-corrected chi connectivity index (χ2v) is 12.4. The molecule has 2 bridgehead atoms. The van der Waals surface area contributed by atoms with Gasteiger partial charge >= 0.3 is 21.7 Å². The molecular formula is C32H58Cl2NOSiTi. The third-order valence-electron chi connectivity index (χ3n) is 8.17. The zero-order valence-electron chi connectivity index (χ0n) is 25.6. The maximum atomic E-state index is 10.7. The van der Waals surface area contributed by atoms with Gasteiger partial charge in [-0.15, -0.1) is 0 Å².